The lowest BCUT2D eigenvalue weighted by atomic mass is 10.2. The Hall–Kier alpha value is -1.07. The molecule has 0 bridgehead atoms. The van der Waals surface area contributed by atoms with Gasteiger partial charge in [-0.15, -0.1) is 0 Å². The lowest BCUT2D eigenvalue weighted by Gasteiger charge is -2.19. The van der Waals surface area contributed by atoms with Crippen LogP contribution in [0.15, 0.2) is 27.5 Å². The monoisotopic (exact) mass is 309 g/mol. The fourth-order valence-electron chi connectivity index (χ4n) is 2.73. The minimum atomic E-state index is -0.0107. The highest BCUT2D eigenvalue weighted by Gasteiger charge is 2.22. The lowest BCUT2D eigenvalue weighted by Crippen LogP contribution is -2.32. The number of likely N-dealkylation sites (tertiary alicyclic amines) is 1. The molecule has 1 unspecified atom stereocenters. The van der Waals surface area contributed by atoms with Gasteiger partial charge in [0, 0.05) is 17.1 Å². The summed E-state index contributed by atoms with van der Waals surface area (Å²) in [5.74, 6) is 0. The van der Waals surface area contributed by atoms with Gasteiger partial charge in [-0.1, -0.05) is 15.9 Å². The molecule has 0 radical (unpaired) electrons. The molecule has 3 rings (SSSR count). The number of hydrogen-bond acceptors (Lipinski definition) is 2. The topological polar surface area (TPSA) is 41.0 Å². The Morgan fingerprint density at radius 1 is 1.50 bits per heavy atom. The molecule has 1 aliphatic heterocycles. The number of hydrogen-bond donors (Lipinski definition) is 1. The van der Waals surface area contributed by atoms with E-state index in [1.165, 1.54) is 12.8 Å². The van der Waals surface area contributed by atoms with Crippen LogP contribution in [0.2, 0.25) is 0 Å². The number of benzene rings is 1. The number of likely N-dealkylation sites (N-methyl/N-ethyl adjacent to an activating group) is 1. The Labute approximate surface area is 114 Å². The van der Waals surface area contributed by atoms with E-state index in [-0.39, 0.29) is 5.69 Å². The number of rotatable bonds is 2. The molecule has 1 aromatic carbocycles. The van der Waals surface area contributed by atoms with Crippen LogP contribution in [0.4, 0.5) is 0 Å². The quantitative estimate of drug-likeness (QED) is 0.924. The lowest BCUT2D eigenvalue weighted by molar-refractivity contribution is 0.282. The zero-order valence-electron chi connectivity index (χ0n) is 10.3. The second kappa shape index (κ2) is 4.55. The van der Waals surface area contributed by atoms with Crippen LogP contribution in [0.25, 0.3) is 11.0 Å². The third-order valence-corrected chi connectivity index (χ3v) is 4.30. The van der Waals surface area contributed by atoms with E-state index in [2.05, 4.69) is 32.9 Å². The zero-order valence-corrected chi connectivity index (χ0v) is 11.9. The third-order valence-electron chi connectivity index (χ3n) is 3.80. The molecular formula is C13H16BrN3O. The molecule has 2 aromatic rings. The van der Waals surface area contributed by atoms with Gasteiger partial charge in [0.15, 0.2) is 0 Å². The predicted molar refractivity (Wildman–Crippen MR) is 75.9 cm³/mol. The standard InChI is InChI=1S/C13H16BrN3O/c1-16-6-2-3-10(16)8-17-12-7-9(14)4-5-11(12)15-13(17)18/h4-5,7,10H,2-3,6,8H2,1H3,(H,15,18). The summed E-state index contributed by atoms with van der Waals surface area (Å²) in [6.45, 7) is 1.90. The van der Waals surface area contributed by atoms with Gasteiger partial charge in [0.05, 0.1) is 11.0 Å². The number of nitrogens with zero attached hydrogens (tertiary/aromatic N) is 2. The first-order chi connectivity index (χ1) is 8.65. The Balaban J connectivity index is 2.02. The molecule has 0 saturated carbocycles. The zero-order chi connectivity index (χ0) is 12.7. The van der Waals surface area contributed by atoms with Gasteiger partial charge in [-0.3, -0.25) is 4.57 Å². The van der Waals surface area contributed by atoms with Crippen LogP contribution < -0.4 is 5.69 Å². The van der Waals surface area contributed by atoms with Gasteiger partial charge >= 0.3 is 5.69 Å². The largest absolute Gasteiger partial charge is 0.326 e. The van der Waals surface area contributed by atoms with Gasteiger partial charge in [0.2, 0.25) is 0 Å². The van der Waals surface area contributed by atoms with Crippen molar-refractivity contribution in [1.29, 1.82) is 0 Å². The van der Waals surface area contributed by atoms with Crippen molar-refractivity contribution < 1.29 is 0 Å². The molecule has 1 N–H and O–H groups in total. The Morgan fingerprint density at radius 2 is 2.33 bits per heavy atom. The minimum Gasteiger partial charge on any atom is -0.306 e. The van der Waals surface area contributed by atoms with Gasteiger partial charge in [-0.2, -0.15) is 0 Å². The van der Waals surface area contributed by atoms with Crippen molar-refractivity contribution in [2.24, 2.45) is 0 Å². The summed E-state index contributed by atoms with van der Waals surface area (Å²) in [7, 11) is 2.13. The number of aromatic nitrogens is 2. The number of imidazole rings is 1. The van der Waals surface area contributed by atoms with Crippen molar-refractivity contribution >= 4 is 27.0 Å². The Bertz CT molecular complexity index is 631. The van der Waals surface area contributed by atoms with Crippen LogP contribution in [-0.4, -0.2) is 34.1 Å². The highest BCUT2D eigenvalue weighted by molar-refractivity contribution is 9.10. The predicted octanol–water partition coefficient (Wildman–Crippen LogP) is 2.19. The fourth-order valence-corrected chi connectivity index (χ4v) is 3.08. The summed E-state index contributed by atoms with van der Waals surface area (Å²) in [6.07, 6.45) is 2.39. The second-order valence-corrected chi connectivity index (χ2v) is 5.89. The second-order valence-electron chi connectivity index (χ2n) is 4.98. The summed E-state index contributed by atoms with van der Waals surface area (Å²) in [4.78, 5) is 17.3. The molecule has 96 valence electrons. The molecule has 18 heavy (non-hydrogen) atoms. The maximum Gasteiger partial charge on any atom is 0.326 e. The highest BCUT2D eigenvalue weighted by Crippen LogP contribution is 2.20. The van der Waals surface area contributed by atoms with Crippen LogP contribution in [0.5, 0.6) is 0 Å². The van der Waals surface area contributed by atoms with Gasteiger partial charge in [0.1, 0.15) is 0 Å². The first-order valence-electron chi connectivity index (χ1n) is 6.23. The van der Waals surface area contributed by atoms with Gasteiger partial charge in [-0.25, -0.2) is 4.79 Å². The smallest absolute Gasteiger partial charge is 0.306 e. The molecule has 5 heteroatoms. The van der Waals surface area contributed by atoms with Crippen LogP contribution in [-0.2, 0) is 6.54 Å². The number of aromatic amines is 1. The van der Waals surface area contributed by atoms with E-state index in [4.69, 9.17) is 0 Å². The van der Waals surface area contributed by atoms with Crippen molar-refractivity contribution in [3.8, 4) is 0 Å². The summed E-state index contributed by atoms with van der Waals surface area (Å²) in [5, 5.41) is 0. The first kappa shape index (κ1) is 12.0. The number of fused-ring (bicyclic) bond motifs is 1. The summed E-state index contributed by atoms with van der Waals surface area (Å²) in [6, 6.07) is 6.36. The van der Waals surface area contributed by atoms with Gasteiger partial charge in [0.25, 0.3) is 0 Å². The first-order valence-corrected chi connectivity index (χ1v) is 7.03. The average Bonchev–Trinajstić information content (AvgIpc) is 2.86. The maximum absolute atomic E-state index is 12.0. The number of H-pyrrole nitrogens is 1. The van der Waals surface area contributed by atoms with Crippen LogP contribution in [0.3, 0.4) is 0 Å². The normalized spacial score (nSPS) is 20.9. The van der Waals surface area contributed by atoms with Crippen LogP contribution in [0, 0.1) is 0 Å². The Kier molecular flexibility index (Phi) is 3.03. The molecule has 0 spiro atoms. The van der Waals surface area contributed by atoms with E-state index in [0.717, 1.165) is 28.6 Å². The summed E-state index contributed by atoms with van der Waals surface area (Å²) in [5.41, 5.74) is 1.88. The maximum atomic E-state index is 12.0. The van der Waals surface area contributed by atoms with Crippen molar-refractivity contribution in [2.75, 3.05) is 13.6 Å². The highest BCUT2D eigenvalue weighted by atomic mass is 79.9. The van der Waals surface area contributed by atoms with E-state index in [0.29, 0.717) is 6.04 Å². The molecule has 1 saturated heterocycles. The molecule has 1 atom stereocenters. The molecule has 1 aromatic heterocycles. The molecule has 1 fully saturated rings. The molecule has 0 aliphatic carbocycles. The van der Waals surface area contributed by atoms with E-state index in [1.54, 1.807) is 0 Å². The van der Waals surface area contributed by atoms with E-state index in [1.807, 2.05) is 22.8 Å². The Morgan fingerprint density at radius 3 is 3.06 bits per heavy atom. The van der Waals surface area contributed by atoms with E-state index < -0.39 is 0 Å². The van der Waals surface area contributed by atoms with E-state index in [9.17, 15) is 4.79 Å². The summed E-state index contributed by atoms with van der Waals surface area (Å²) < 4.78 is 2.86. The van der Waals surface area contributed by atoms with Gasteiger partial charge < -0.3 is 9.88 Å². The number of nitrogens with one attached hydrogen (secondary N) is 1. The minimum absolute atomic E-state index is 0.0107. The third kappa shape index (κ3) is 2.01. The fraction of sp³-hybridized carbons (Fsp3) is 0.462. The SMILES string of the molecule is CN1CCCC1Cn1c(=O)[nH]c2ccc(Br)cc21. The van der Waals surface area contributed by atoms with Crippen molar-refractivity contribution in [3.63, 3.8) is 0 Å². The van der Waals surface area contributed by atoms with Crippen molar-refractivity contribution in [3.05, 3.63) is 33.2 Å². The molecule has 4 nitrogen and oxygen atoms in total. The molecule has 2 heterocycles. The van der Waals surface area contributed by atoms with Gasteiger partial charge in [-0.05, 0) is 44.6 Å². The van der Waals surface area contributed by atoms with Crippen molar-refractivity contribution in [1.82, 2.24) is 14.5 Å². The number of halogens is 1. The average molecular weight is 310 g/mol. The molecule has 1 aliphatic rings. The van der Waals surface area contributed by atoms with Crippen LogP contribution in [0.1, 0.15) is 12.8 Å². The van der Waals surface area contributed by atoms with E-state index >= 15 is 0 Å². The molecule has 0 amide bonds. The summed E-state index contributed by atoms with van der Waals surface area (Å²) >= 11 is 3.46. The van der Waals surface area contributed by atoms with Crippen molar-refractivity contribution in [2.45, 2.75) is 25.4 Å². The molecular weight excluding hydrogens is 294 g/mol. The van der Waals surface area contributed by atoms with Crippen LogP contribution >= 0.6 is 15.9 Å².